The van der Waals surface area contributed by atoms with Gasteiger partial charge in [-0.15, -0.1) is 0 Å². The number of carbonyl (C=O) groups is 1. The normalized spacial score (nSPS) is 25.3. The Bertz CT molecular complexity index is 186. The lowest BCUT2D eigenvalue weighted by molar-refractivity contribution is -0.130. The van der Waals surface area contributed by atoms with Crippen LogP contribution in [0.5, 0.6) is 0 Å². The molecule has 0 spiro atoms. The van der Waals surface area contributed by atoms with E-state index in [0.717, 1.165) is 18.8 Å². The average Bonchev–Trinajstić information content (AvgIpc) is 2.45. The van der Waals surface area contributed by atoms with Gasteiger partial charge in [-0.05, 0) is 19.6 Å². The van der Waals surface area contributed by atoms with Crippen LogP contribution < -0.4 is 5.32 Å². The molecule has 1 rings (SSSR count). The fourth-order valence-corrected chi connectivity index (χ4v) is 2.38. The first kappa shape index (κ1) is 10.9. The third kappa shape index (κ3) is 2.38. The zero-order chi connectivity index (χ0) is 9.84. The van der Waals surface area contributed by atoms with Gasteiger partial charge in [0.05, 0.1) is 12.7 Å². The summed E-state index contributed by atoms with van der Waals surface area (Å²) in [7, 11) is 0. The Morgan fingerprint density at radius 2 is 2.46 bits per heavy atom. The molecule has 1 aliphatic heterocycles. The minimum atomic E-state index is 0.0101. The van der Waals surface area contributed by atoms with Crippen molar-refractivity contribution < 1.29 is 4.79 Å². The second-order valence-electron chi connectivity index (χ2n) is 3.41. The van der Waals surface area contributed by atoms with Crippen LogP contribution in [0, 0.1) is 0 Å². The summed E-state index contributed by atoms with van der Waals surface area (Å²) in [4.78, 5) is 13.6. The molecule has 4 heteroatoms. The smallest absolute Gasteiger partial charge is 0.240 e. The van der Waals surface area contributed by atoms with E-state index in [9.17, 15) is 4.79 Å². The van der Waals surface area contributed by atoms with Crippen molar-refractivity contribution in [3.63, 3.8) is 0 Å². The Labute approximate surface area is 84.2 Å². The summed E-state index contributed by atoms with van der Waals surface area (Å²) in [6.07, 6.45) is 3.13. The van der Waals surface area contributed by atoms with Crippen molar-refractivity contribution in [2.75, 3.05) is 18.7 Å². The van der Waals surface area contributed by atoms with Crippen LogP contribution in [0.3, 0.4) is 0 Å². The van der Waals surface area contributed by atoms with Gasteiger partial charge in [-0.2, -0.15) is 11.8 Å². The molecule has 0 radical (unpaired) electrons. The zero-order valence-corrected chi connectivity index (χ0v) is 9.36. The van der Waals surface area contributed by atoms with Crippen LogP contribution in [0.15, 0.2) is 0 Å². The van der Waals surface area contributed by atoms with E-state index in [4.69, 9.17) is 0 Å². The monoisotopic (exact) mass is 202 g/mol. The molecule has 2 unspecified atom stereocenters. The lowest BCUT2D eigenvalue weighted by Crippen LogP contribution is -2.39. The highest BCUT2D eigenvalue weighted by Crippen LogP contribution is 2.14. The molecule has 0 bridgehead atoms. The summed E-state index contributed by atoms with van der Waals surface area (Å²) in [5.74, 6) is 1.29. The van der Waals surface area contributed by atoms with Gasteiger partial charge < -0.3 is 4.90 Å². The van der Waals surface area contributed by atoms with Crippen LogP contribution in [0.1, 0.15) is 20.3 Å². The van der Waals surface area contributed by atoms with Crippen LogP contribution in [0.4, 0.5) is 0 Å². The molecular formula is C9H18N2OS. The maximum absolute atomic E-state index is 11.6. The topological polar surface area (TPSA) is 32.3 Å². The largest absolute Gasteiger partial charge is 0.325 e. The van der Waals surface area contributed by atoms with E-state index in [1.54, 1.807) is 11.8 Å². The van der Waals surface area contributed by atoms with Crippen LogP contribution >= 0.6 is 11.8 Å². The van der Waals surface area contributed by atoms with Gasteiger partial charge in [0.15, 0.2) is 0 Å². The van der Waals surface area contributed by atoms with Gasteiger partial charge in [0.25, 0.3) is 0 Å². The van der Waals surface area contributed by atoms with Crippen molar-refractivity contribution in [3.05, 3.63) is 0 Å². The van der Waals surface area contributed by atoms with Gasteiger partial charge in [0, 0.05) is 11.8 Å². The molecule has 1 amide bonds. The predicted molar refractivity (Wildman–Crippen MR) is 56.8 cm³/mol. The minimum Gasteiger partial charge on any atom is -0.325 e. The molecule has 1 aliphatic rings. The molecule has 0 aromatic heterocycles. The predicted octanol–water partition coefficient (Wildman–Crippen LogP) is 0.906. The van der Waals surface area contributed by atoms with Crippen molar-refractivity contribution in [1.29, 1.82) is 0 Å². The number of nitrogens with one attached hydrogen (secondary N) is 1. The summed E-state index contributed by atoms with van der Waals surface area (Å²) in [5.41, 5.74) is 0. The maximum atomic E-state index is 11.6. The van der Waals surface area contributed by atoms with Crippen LogP contribution in [-0.4, -0.2) is 41.6 Å². The van der Waals surface area contributed by atoms with Crippen molar-refractivity contribution >= 4 is 17.7 Å². The van der Waals surface area contributed by atoms with Crippen molar-refractivity contribution in [2.45, 2.75) is 32.4 Å². The molecule has 0 aromatic rings. The van der Waals surface area contributed by atoms with Gasteiger partial charge >= 0.3 is 0 Å². The van der Waals surface area contributed by atoms with Crippen LogP contribution in [0.2, 0.25) is 0 Å². The van der Waals surface area contributed by atoms with E-state index < -0.39 is 0 Å². The van der Waals surface area contributed by atoms with Crippen molar-refractivity contribution in [1.82, 2.24) is 10.2 Å². The molecular weight excluding hydrogens is 184 g/mol. The quantitative estimate of drug-likeness (QED) is 0.735. The first-order valence-electron chi connectivity index (χ1n) is 4.73. The molecule has 1 saturated heterocycles. The molecule has 76 valence electrons. The number of nitrogens with zero attached hydrogens (tertiary/aromatic N) is 1. The first-order valence-corrected chi connectivity index (χ1v) is 6.12. The van der Waals surface area contributed by atoms with E-state index in [0.29, 0.717) is 6.04 Å². The van der Waals surface area contributed by atoms with Gasteiger partial charge in [-0.1, -0.05) is 6.92 Å². The van der Waals surface area contributed by atoms with E-state index in [1.807, 2.05) is 11.8 Å². The Morgan fingerprint density at radius 3 is 2.85 bits per heavy atom. The van der Waals surface area contributed by atoms with Crippen molar-refractivity contribution in [3.8, 4) is 0 Å². The number of carbonyl (C=O) groups excluding carboxylic acids is 1. The zero-order valence-electron chi connectivity index (χ0n) is 8.54. The molecule has 1 N–H and O–H groups in total. The van der Waals surface area contributed by atoms with E-state index >= 15 is 0 Å². The second kappa shape index (κ2) is 4.86. The van der Waals surface area contributed by atoms with Crippen molar-refractivity contribution in [2.24, 2.45) is 0 Å². The third-order valence-corrected chi connectivity index (χ3v) is 3.21. The van der Waals surface area contributed by atoms with Gasteiger partial charge in [-0.3, -0.25) is 10.1 Å². The second-order valence-corrected chi connectivity index (χ2v) is 4.32. The lowest BCUT2D eigenvalue weighted by Gasteiger charge is -2.25. The summed E-state index contributed by atoms with van der Waals surface area (Å²) in [6.45, 7) is 4.78. The summed E-state index contributed by atoms with van der Waals surface area (Å²) in [5, 5.41) is 3.16. The van der Waals surface area contributed by atoms with Gasteiger partial charge in [0.2, 0.25) is 5.91 Å². The molecule has 3 nitrogen and oxygen atoms in total. The number of thioether (sulfide) groups is 1. The number of hydrogen-bond donors (Lipinski definition) is 1. The SMILES string of the molecule is CCC(CSC)N1CNC(C)C1=O. The highest BCUT2D eigenvalue weighted by atomic mass is 32.2. The molecule has 2 atom stereocenters. The van der Waals surface area contributed by atoms with E-state index in [1.165, 1.54) is 0 Å². The average molecular weight is 202 g/mol. The maximum Gasteiger partial charge on any atom is 0.240 e. The standard InChI is InChI=1S/C9H18N2OS/c1-4-8(5-13-3)11-6-10-7(2)9(11)12/h7-8,10H,4-6H2,1-3H3. The Morgan fingerprint density at radius 1 is 1.77 bits per heavy atom. The number of rotatable bonds is 4. The molecule has 13 heavy (non-hydrogen) atoms. The highest BCUT2D eigenvalue weighted by Gasteiger charge is 2.31. The number of hydrogen-bond acceptors (Lipinski definition) is 3. The Hall–Kier alpha value is -0.220. The molecule has 0 aliphatic carbocycles. The fourth-order valence-electron chi connectivity index (χ4n) is 1.58. The molecule has 1 heterocycles. The molecule has 1 fully saturated rings. The molecule has 0 saturated carbocycles. The lowest BCUT2D eigenvalue weighted by atomic mass is 10.2. The number of amides is 1. The van der Waals surface area contributed by atoms with Gasteiger partial charge in [-0.25, -0.2) is 0 Å². The van der Waals surface area contributed by atoms with E-state index in [-0.39, 0.29) is 11.9 Å². The summed E-state index contributed by atoms with van der Waals surface area (Å²) >= 11 is 1.80. The Balaban J connectivity index is 2.54. The Kier molecular flexibility index (Phi) is 4.06. The molecule has 0 aromatic carbocycles. The summed E-state index contributed by atoms with van der Waals surface area (Å²) in [6, 6.07) is 0.413. The third-order valence-electron chi connectivity index (χ3n) is 2.49. The van der Waals surface area contributed by atoms with Crippen LogP contribution in [-0.2, 0) is 4.79 Å². The van der Waals surface area contributed by atoms with Gasteiger partial charge in [0.1, 0.15) is 0 Å². The van der Waals surface area contributed by atoms with Crippen LogP contribution in [0.25, 0.3) is 0 Å². The highest BCUT2D eigenvalue weighted by molar-refractivity contribution is 7.98. The first-order chi connectivity index (χ1) is 6.20. The van der Waals surface area contributed by atoms with E-state index in [2.05, 4.69) is 18.5 Å². The summed E-state index contributed by atoms with van der Waals surface area (Å²) < 4.78 is 0. The minimum absolute atomic E-state index is 0.0101. The fraction of sp³-hybridized carbons (Fsp3) is 0.889.